The van der Waals surface area contributed by atoms with Crippen molar-refractivity contribution in [2.45, 2.75) is 296 Å². The molecule has 35 atom stereocenters. The highest BCUT2D eigenvalue weighted by molar-refractivity contribution is 5.66. The fraction of sp³-hybridized carbons (Fsp3) is 0.682. The maximum Gasteiger partial charge on any atom is 0.302 e. The van der Waals surface area contributed by atoms with Crippen LogP contribution in [0.3, 0.4) is 0 Å². The maximum atomic E-state index is 12.9. The van der Waals surface area contributed by atoms with Crippen LogP contribution in [0.4, 0.5) is 0 Å². The van der Waals surface area contributed by atoms with E-state index in [1.54, 1.807) is 21.0 Å². The maximum absolute atomic E-state index is 12.9. The van der Waals surface area contributed by atoms with Crippen molar-refractivity contribution < 1.29 is 114 Å². The van der Waals surface area contributed by atoms with Crippen LogP contribution in [0, 0.1) is 47.3 Å². The van der Waals surface area contributed by atoms with Crippen molar-refractivity contribution >= 4 is 17.9 Å². The van der Waals surface area contributed by atoms with Crippen LogP contribution in [0.15, 0.2) is 137 Å². The molecule has 0 saturated carbocycles. The lowest BCUT2D eigenvalue weighted by Gasteiger charge is -2.52. The third-order valence-electron chi connectivity index (χ3n) is 23.9. The van der Waals surface area contributed by atoms with Gasteiger partial charge in [-0.1, -0.05) is 192 Å². The van der Waals surface area contributed by atoms with Gasteiger partial charge in [-0.2, -0.15) is 0 Å². The zero-order valence-corrected chi connectivity index (χ0v) is 70.0. The Hall–Kier alpha value is -7.50. The number of rotatable bonds is 34. The van der Waals surface area contributed by atoms with Crippen molar-refractivity contribution in [1.29, 1.82) is 0 Å². The smallest absolute Gasteiger partial charge is 0.302 e. The van der Waals surface area contributed by atoms with Gasteiger partial charge in [-0.3, -0.25) is 14.4 Å². The molecule has 33 heteroatoms. The van der Waals surface area contributed by atoms with Crippen LogP contribution < -0.4 is 0 Å². The first kappa shape index (κ1) is 91.2. The second kappa shape index (κ2) is 43.3. The van der Waals surface area contributed by atoms with Crippen molar-refractivity contribution in [2.24, 2.45) is 62.7 Å². The van der Waals surface area contributed by atoms with Crippen molar-refractivity contribution in [3.05, 3.63) is 175 Å². The van der Waals surface area contributed by atoms with Crippen molar-refractivity contribution in [2.75, 3.05) is 26.9 Å². The van der Waals surface area contributed by atoms with Gasteiger partial charge in [0.1, 0.15) is 56.4 Å². The van der Waals surface area contributed by atoms with Crippen molar-refractivity contribution in [3.63, 3.8) is 0 Å². The highest BCUT2D eigenvalue weighted by Crippen LogP contribution is 2.46. The van der Waals surface area contributed by atoms with E-state index in [-0.39, 0.29) is 69.6 Å². The molecular weight excluding hydrogens is 1530 g/mol. The zero-order valence-electron chi connectivity index (χ0n) is 70.0. The zero-order chi connectivity index (χ0) is 84.4. The van der Waals surface area contributed by atoms with Crippen LogP contribution in [0.5, 0.6) is 0 Å². The molecule has 646 valence electrons. The summed E-state index contributed by atoms with van der Waals surface area (Å²) in [5, 5.41) is 12.9. The van der Waals surface area contributed by atoms with Crippen LogP contribution in [-0.2, 0) is 140 Å². The Bertz CT molecular complexity index is 3960. The number of hydrogen-bond acceptors (Lipinski definition) is 27. The Kier molecular flexibility index (Phi) is 33.5. The molecule has 7 fully saturated rings. The number of esters is 3. The van der Waals surface area contributed by atoms with Gasteiger partial charge >= 0.3 is 17.9 Å². The van der Waals surface area contributed by atoms with Gasteiger partial charge in [0.05, 0.1) is 112 Å². The Labute approximate surface area is 689 Å². The molecule has 33 nitrogen and oxygen atoms in total. The normalized spacial score (nSPS) is 38.7. The lowest BCUT2D eigenvalue weighted by Crippen LogP contribution is -2.64. The second-order valence-electron chi connectivity index (χ2n) is 32.2. The van der Waals surface area contributed by atoms with Crippen molar-refractivity contribution in [1.82, 2.24) is 0 Å². The van der Waals surface area contributed by atoms with Crippen molar-refractivity contribution in [3.8, 4) is 0 Å². The Balaban J connectivity index is 0.832. The lowest BCUT2D eigenvalue weighted by molar-refractivity contribution is -0.372. The van der Waals surface area contributed by atoms with Gasteiger partial charge in [0.15, 0.2) is 44.0 Å². The molecule has 0 radical (unpaired) electrons. The minimum absolute atomic E-state index is 0.00882. The summed E-state index contributed by atoms with van der Waals surface area (Å²) in [7, 11) is 1.56. The van der Waals surface area contributed by atoms with Gasteiger partial charge < -0.3 is 99.5 Å². The molecule has 7 saturated heterocycles. The van der Waals surface area contributed by atoms with Gasteiger partial charge in [0.2, 0.25) is 0 Å². The summed E-state index contributed by atoms with van der Waals surface area (Å²) in [6.07, 6.45) is -21.7. The largest absolute Gasteiger partial charge is 0.463 e. The van der Waals surface area contributed by atoms with Gasteiger partial charge in [0.25, 0.3) is 0 Å². The Morgan fingerprint density at radius 3 is 0.822 bits per heavy atom. The first-order valence-electron chi connectivity index (χ1n) is 41.0. The third kappa shape index (κ3) is 22.8. The number of azide groups is 3. The number of ether oxygens (including phenoxy) is 21. The number of carbonyl (C=O) groups excluding carboxylic acids is 3. The predicted molar refractivity (Wildman–Crippen MR) is 422 cm³/mol. The molecule has 0 aliphatic carbocycles. The van der Waals surface area contributed by atoms with Crippen LogP contribution in [0.25, 0.3) is 31.3 Å². The summed E-state index contributed by atoms with van der Waals surface area (Å²) >= 11 is 0. The topological polar surface area (TPSA) is 391 Å². The molecule has 4 aromatic carbocycles. The number of carbonyl (C=O) groups is 3. The number of methoxy groups -OCH3 is 1. The first-order chi connectivity index (χ1) is 56.8. The molecule has 0 aromatic heterocycles. The van der Waals surface area contributed by atoms with E-state index in [0.717, 1.165) is 22.3 Å². The number of hydrogen-bond donors (Lipinski definition) is 0. The molecule has 7 heterocycles. The van der Waals surface area contributed by atoms with E-state index in [9.17, 15) is 31.0 Å². The SMILES string of the molecule is CO[C@@H]1OC(C)[C@@H](O[C@H]2OC(COC(C)=O)[C@H](O[C@@H]3OC(C)[C@@H](O[C@H]4OC(COC(C)=O)[C@@H](O[C@@H]5OC(C)[C@@H](O[C@@H]6OC(COC(C)=O)[C@H](O[C@@H]7OC(C)[C@@H](C)[C@@H](OCc8ccccc8)C7C)[C@H](C)C6N=[N+]=[N-])[C@@H](OCc6ccccc6)C5C)[C@H](C)C4N=[N+]=[N-])[C@@H](OCc4ccccc4)C3C)[C@H](C)C2N=[N+]=[N-])[C@@H](OCc2ccccc2)C1C. The lowest BCUT2D eigenvalue weighted by atomic mass is 9.85. The summed E-state index contributed by atoms with van der Waals surface area (Å²) < 4.78 is 140. The fourth-order valence-electron chi connectivity index (χ4n) is 17.1. The standard InChI is InChI=1S/C85H117N9O24/c1-44-52(9)106-80(48(5)69(44)102-37-59-29-21-17-22-30-59)113-70-45(2)66(89-92-86)84(110-63(70)41-99-56(13)95)117-77-54(11)108-82(50(7)74(77)104-39-61-33-25-19-26-34-61)115-72-47(4)68(91-94-88)85(112-65(72)43-101-58(15)97)118-78-55(12)109-81(51(8)75(78)105-40-62-35-27-20-28-36-62)114-71-46(3)67(90-93-87)83(111-64(71)42-100-57(14)96)116-76-53(10)107-79(98-16)49(6)73(76)103-38-60-31-23-18-24-32-60/h17-36,44-55,63-85H,37-43H2,1-16H3/t44-,45-,46-,47-,48?,49?,50?,51?,52?,53?,54?,55?,63?,64?,65?,66?,67?,68?,69-,70-,71-,72+,73+,74+,75+,76-,77-,78-,79-,80+,81+,82+,83-,84+,85-/m1/s1. The van der Waals surface area contributed by atoms with Crippen LogP contribution in [-0.4, -0.2) is 211 Å². The molecule has 14 unspecified atom stereocenters. The van der Waals surface area contributed by atoms with E-state index < -0.39 is 201 Å². The van der Waals surface area contributed by atoms with E-state index in [0.29, 0.717) is 6.61 Å². The molecule has 0 amide bonds. The highest BCUT2D eigenvalue weighted by Gasteiger charge is 2.58. The molecular formula is C85H117N9O24. The van der Waals surface area contributed by atoms with Crippen LogP contribution >= 0.6 is 0 Å². The monoisotopic (exact) mass is 1650 g/mol. The molecule has 0 spiro atoms. The average Bonchev–Trinajstić information content (AvgIpc) is 0.766. The highest BCUT2D eigenvalue weighted by atomic mass is 16.8. The molecule has 7 aliphatic rings. The molecule has 7 aliphatic heterocycles. The van der Waals surface area contributed by atoms with E-state index in [1.807, 2.05) is 184 Å². The Morgan fingerprint density at radius 1 is 0.305 bits per heavy atom. The van der Waals surface area contributed by atoms with E-state index in [2.05, 4.69) is 37.0 Å². The van der Waals surface area contributed by atoms with E-state index in [4.69, 9.17) is 99.5 Å². The van der Waals surface area contributed by atoms with Gasteiger partial charge in [0, 0.05) is 72.2 Å². The quantitative estimate of drug-likeness (QED) is 0.0138. The number of nitrogens with zero attached hydrogens (tertiary/aromatic N) is 9. The molecule has 11 rings (SSSR count). The molecule has 4 aromatic rings. The first-order valence-corrected chi connectivity index (χ1v) is 41.0. The van der Waals surface area contributed by atoms with Crippen LogP contribution in [0.1, 0.15) is 126 Å². The molecule has 0 bridgehead atoms. The van der Waals surface area contributed by atoms with Gasteiger partial charge in [-0.25, -0.2) is 0 Å². The Morgan fingerprint density at radius 2 is 0.551 bits per heavy atom. The third-order valence-corrected chi connectivity index (χ3v) is 23.9. The summed E-state index contributed by atoms with van der Waals surface area (Å²) in [5.41, 5.74) is 34.8. The predicted octanol–water partition coefficient (Wildman–Crippen LogP) is 13.3. The summed E-state index contributed by atoms with van der Waals surface area (Å²) in [6, 6.07) is 35.4. The fourth-order valence-corrected chi connectivity index (χ4v) is 17.1. The van der Waals surface area contributed by atoms with E-state index >= 15 is 0 Å². The van der Waals surface area contributed by atoms with Crippen LogP contribution in [0.2, 0.25) is 0 Å². The minimum Gasteiger partial charge on any atom is -0.463 e. The van der Waals surface area contributed by atoms with Gasteiger partial charge in [-0.05, 0) is 84.3 Å². The average molecular weight is 1650 g/mol. The minimum atomic E-state index is -1.37. The molecule has 118 heavy (non-hydrogen) atoms. The second-order valence-corrected chi connectivity index (χ2v) is 32.2. The number of benzene rings is 4. The summed E-state index contributed by atoms with van der Waals surface area (Å²) in [6.45, 7) is 26.4. The van der Waals surface area contributed by atoms with Gasteiger partial charge in [-0.15, -0.1) is 0 Å². The summed E-state index contributed by atoms with van der Waals surface area (Å²) in [4.78, 5) is 48.2. The van der Waals surface area contributed by atoms with E-state index in [1.165, 1.54) is 20.8 Å². The summed E-state index contributed by atoms with van der Waals surface area (Å²) in [5.74, 6) is -5.94. The molecule has 0 N–H and O–H groups in total.